The summed E-state index contributed by atoms with van der Waals surface area (Å²) in [4.78, 5) is 2.54. The molecule has 0 saturated carbocycles. The molecule has 2 aliphatic heterocycles. The maximum atomic E-state index is 5.39. The van der Waals surface area contributed by atoms with Gasteiger partial charge in [0.2, 0.25) is 0 Å². The second-order valence-electron chi connectivity index (χ2n) is 4.43. The van der Waals surface area contributed by atoms with E-state index in [0.29, 0.717) is 5.41 Å². The van der Waals surface area contributed by atoms with Crippen LogP contribution in [0.5, 0.6) is 0 Å². The average molecular weight is 184 g/mol. The topological polar surface area (TPSA) is 24.5 Å². The van der Waals surface area contributed by atoms with Crippen LogP contribution in [-0.2, 0) is 4.74 Å². The predicted octanol–water partition coefficient (Wildman–Crippen LogP) is 0.318. The van der Waals surface area contributed by atoms with Gasteiger partial charge in [0.1, 0.15) is 0 Å². The van der Waals surface area contributed by atoms with E-state index in [-0.39, 0.29) is 0 Å². The smallest absolute Gasteiger partial charge is 0.0472 e. The largest absolute Gasteiger partial charge is 0.381 e. The normalized spacial score (nSPS) is 27.5. The zero-order valence-electron chi connectivity index (χ0n) is 8.51. The molecule has 0 unspecified atom stereocenters. The molecule has 0 bridgehead atoms. The number of likely N-dealkylation sites (N-methyl/N-ethyl adjacent to an activating group) is 1. The summed E-state index contributed by atoms with van der Waals surface area (Å²) in [7, 11) is 2.02. The lowest BCUT2D eigenvalue weighted by Gasteiger charge is -2.52. The highest BCUT2D eigenvalue weighted by molar-refractivity contribution is 4.95. The molecule has 1 spiro atoms. The highest BCUT2D eigenvalue weighted by atomic mass is 16.5. The number of nitrogens with one attached hydrogen (secondary N) is 1. The van der Waals surface area contributed by atoms with Crippen molar-refractivity contribution in [3.8, 4) is 0 Å². The van der Waals surface area contributed by atoms with Crippen molar-refractivity contribution in [1.29, 1.82) is 0 Å². The van der Waals surface area contributed by atoms with Crippen LogP contribution in [0.3, 0.4) is 0 Å². The van der Waals surface area contributed by atoms with Gasteiger partial charge in [-0.05, 0) is 19.9 Å². The van der Waals surface area contributed by atoms with Crippen LogP contribution in [0.25, 0.3) is 0 Å². The van der Waals surface area contributed by atoms with Crippen molar-refractivity contribution in [2.24, 2.45) is 5.41 Å². The van der Waals surface area contributed by atoms with Gasteiger partial charge in [-0.3, -0.25) is 0 Å². The third-order valence-corrected chi connectivity index (χ3v) is 3.35. The van der Waals surface area contributed by atoms with Gasteiger partial charge in [0, 0.05) is 44.8 Å². The van der Waals surface area contributed by atoms with Crippen LogP contribution in [-0.4, -0.2) is 51.3 Å². The first-order valence-corrected chi connectivity index (χ1v) is 5.29. The monoisotopic (exact) mass is 184 g/mol. The second-order valence-corrected chi connectivity index (χ2v) is 4.43. The third-order valence-electron chi connectivity index (χ3n) is 3.35. The Kier molecular flexibility index (Phi) is 2.86. The standard InChI is InChI=1S/C10H20N2O/c1-11-4-5-12-8-10(9-12)2-6-13-7-3-10/h11H,2-9H2,1H3. The van der Waals surface area contributed by atoms with Crippen LogP contribution in [0.1, 0.15) is 12.8 Å². The van der Waals surface area contributed by atoms with Gasteiger partial charge >= 0.3 is 0 Å². The van der Waals surface area contributed by atoms with Crippen molar-refractivity contribution >= 4 is 0 Å². The molecule has 0 aromatic carbocycles. The lowest BCUT2D eigenvalue weighted by molar-refractivity contribution is -0.0795. The number of rotatable bonds is 3. The van der Waals surface area contributed by atoms with E-state index in [1.165, 1.54) is 32.5 Å². The average Bonchev–Trinajstić information content (AvgIpc) is 2.13. The number of likely N-dealkylation sites (tertiary alicyclic amines) is 1. The van der Waals surface area contributed by atoms with E-state index in [0.717, 1.165) is 19.8 Å². The van der Waals surface area contributed by atoms with E-state index in [2.05, 4.69) is 10.2 Å². The molecule has 2 heterocycles. The Morgan fingerprint density at radius 1 is 1.31 bits per heavy atom. The van der Waals surface area contributed by atoms with E-state index in [1.807, 2.05) is 7.05 Å². The van der Waals surface area contributed by atoms with Crippen LogP contribution in [0.2, 0.25) is 0 Å². The molecule has 3 heteroatoms. The molecule has 2 aliphatic rings. The summed E-state index contributed by atoms with van der Waals surface area (Å²) in [6.07, 6.45) is 2.56. The van der Waals surface area contributed by atoms with E-state index >= 15 is 0 Å². The molecule has 0 amide bonds. The minimum Gasteiger partial charge on any atom is -0.381 e. The Morgan fingerprint density at radius 3 is 2.62 bits per heavy atom. The minimum atomic E-state index is 0.645. The first-order valence-electron chi connectivity index (χ1n) is 5.29. The van der Waals surface area contributed by atoms with Crippen molar-refractivity contribution in [3.63, 3.8) is 0 Å². The highest BCUT2D eigenvalue weighted by Gasteiger charge is 2.43. The quantitative estimate of drug-likeness (QED) is 0.683. The van der Waals surface area contributed by atoms with Crippen LogP contribution >= 0.6 is 0 Å². The van der Waals surface area contributed by atoms with E-state index < -0.39 is 0 Å². The van der Waals surface area contributed by atoms with Crippen molar-refractivity contribution in [2.75, 3.05) is 46.4 Å². The van der Waals surface area contributed by atoms with Gasteiger partial charge in [0.05, 0.1) is 0 Å². The summed E-state index contributed by atoms with van der Waals surface area (Å²) in [6, 6.07) is 0. The summed E-state index contributed by atoms with van der Waals surface area (Å²) in [5.41, 5.74) is 0.645. The summed E-state index contributed by atoms with van der Waals surface area (Å²) >= 11 is 0. The van der Waals surface area contributed by atoms with Gasteiger partial charge in [0.25, 0.3) is 0 Å². The molecule has 0 aromatic rings. The molecule has 0 radical (unpaired) electrons. The molecular weight excluding hydrogens is 164 g/mol. The number of ether oxygens (including phenoxy) is 1. The van der Waals surface area contributed by atoms with Gasteiger partial charge in [-0.2, -0.15) is 0 Å². The molecule has 13 heavy (non-hydrogen) atoms. The van der Waals surface area contributed by atoms with Crippen molar-refractivity contribution in [2.45, 2.75) is 12.8 Å². The Bertz CT molecular complexity index is 158. The number of hydrogen-bond donors (Lipinski definition) is 1. The number of nitrogens with zero attached hydrogens (tertiary/aromatic N) is 1. The SMILES string of the molecule is CNCCN1CC2(CCOCC2)C1. The highest BCUT2D eigenvalue weighted by Crippen LogP contribution is 2.39. The van der Waals surface area contributed by atoms with E-state index in [4.69, 9.17) is 4.74 Å². The lowest BCUT2D eigenvalue weighted by Crippen LogP contribution is -2.59. The van der Waals surface area contributed by atoms with Crippen LogP contribution in [0, 0.1) is 5.41 Å². The van der Waals surface area contributed by atoms with E-state index in [1.54, 1.807) is 0 Å². The van der Waals surface area contributed by atoms with Crippen LogP contribution in [0.4, 0.5) is 0 Å². The van der Waals surface area contributed by atoms with Crippen molar-refractivity contribution in [3.05, 3.63) is 0 Å². The first kappa shape index (κ1) is 9.44. The van der Waals surface area contributed by atoms with Gasteiger partial charge < -0.3 is 15.0 Å². The summed E-state index contributed by atoms with van der Waals surface area (Å²) in [6.45, 7) is 6.90. The predicted molar refractivity (Wildman–Crippen MR) is 52.9 cm³/mol. The first-order chi connectivity index (χ1) is 6.35. The Morgan fingerprint density at radius 2 is 2.00 bits per heavy atom. The molecule has 1 N–H and O–H groups in total. The maximum absolute atomic E-state index is 5.39. The summed E-state index contributed by atoms with van der Waals surface area (Å²) in [5, 5.41) is 3.19. The summed E-state index contributed by atoms with van der Waals surface area (Å²) in [5.74, 6) is 0. The molecule has 2 rings (SSSR count). The zero-order valence-corrected chi connectivity index (χ0v) is 8.51. The zero-order chi connectivity index (χ0) is 9.15. The van der Waals surface area contributed by atoms with Crippen molar-refractivity contribution < 1.29 is 4.74 Å². The Hall–Kier alpha value is -0.120. The molecule has 0 aromatic heterocycles. The fourth-order valence-electron chi connectivity index (χ4n) is 2.45. The Labute approximate surface area is 80.4 Å². The molecule has 0 atom stereocenters. The van der Waals surface area contributed by atoms with Crippen molar-refractivity contribution in [1.82, 2.24) is 10.2 Å². The molecule has 76 valence electrons. The molecule has 2 saturated heterocycles. The fourth-order valence-corrected chi connectivity index (χ4v) is 2.45. The van der Waals surface area contributed by atoms with Gasteiger partial charge in [-0.1, -0.05) is 0 Å². The second kappa shape index (κ2) is 3.95. The van der Waals surface area contributed by atoms with Gasteiger partial charge in [-0.25, -0.2) is 0 Å². The molecule has 2 fully saturated rings. The van der Waals surface area contributed by atoms with E-state index in [9.17, 15) is 0 Å². The molecule has 0 aliphatic carbocycles. The maximum Gasteiger partial charge on any atom is 0.0472 e. The molecule has 3 nitrogen and oxygen atoms in total. The minimum absolute atomic E-state index is 0.645. The third kappa shape index (κ3) is 2.03. The lowest BCUT2D eigenvalue weighted by atomic mass is 9.73. The molecular formula is C10H20N2O. The summed E-state index contributed by atoms with van der Waals surface area (Å²) < 4.78 is 5.39. The fraction of sp³-hybridized carbons (Fsp3) is 1.00. The number of hydrogen-bond acceptors (Lipinski definition) is 3. The van der Waals surface area contributed by atoms with Gasteiger partial charge in [0.15, 0.2) is 0 Å². The van der Waals surface area contributed by atoms with Crippen LogP contribution in [0.15, 0.2) is 0 Å². The Balaban J connectivity index is 1.69. The van der Waals surface area contributed by atoms with Gasteiger partial charge in [-0.15, -0.1) is 0 Å². The van der Waals surface area contributed by atoms with Crippen LogP contribution < -0.4 is 5.32 Å².